The van der Waals surface area contributed by atoms with Crippen LogP contribution in [0.25, 0.3) is 5.00 Å². The number of benzene rings is 2. The molecule has 2 saturated heterocycles. The third-order valence-electron chi connectivity index (χ3n) is 9.88. The number of halogens is 2. The number of likely N-dealkylation sites (tertiary alicyclic amines) is 1. The molecule has 2 fully saturated rings. The van der Waals surface area contributed by atoms with E-state index in [1.54, 1.807) is 17.4 Å². The highest BCUT2D eigenvalue weighted by Gasteiger charge is 2.46. The summed E-state index contributed by atoms with van der Waals surface area (Å²) in [7, 11) is 0. The summed E-state index contributed by atoms with van der Waals surface area (Å²) >= 11 is 7.94. The van der Waals surface area contributed by atoms with Gasteiger partial charge in [0.2, 0.25) is 5.91 Å². The monoisotopic (exact) mass is 717 g/mol. The van der Waals surface area contributed by atoms with Crippen LogP contribution in [-0.4, -0.2) is 75.1 Å². The van der Waals surface area contributed by atoms with E-state index in [1.165, 1.54) is 4.88 Å². The van der Waals surface area contributed by atoms with Crippen molar-refractivity contribution in [3.8, 4) is 16.8 Å². The van der Waals surface area contributed by atoms with Crippen LogP contribution in [0.3, 0.4) is 0 Å². The Morgan fingerprint density at radius 1 is 1.08 bits per heavy atom. The number of thiophene rings is 1. The summed E-state index contributed by atoms with van der Waals surface area (Å²) in [5, 5.41) is 20.2. The van der Waals surface area contributed by atoms with Gasteiger partial charge >= 0.3 is 5.97 Å². The molecule has 0 unspecified atom stereocenters. The predicted molar refractivity (Wildman–Crippen MR) is 195 cm³/mol. The molecule has 0 radical (unpaired) electrons. The second-order valence-electron chi connectivity index (χ2n) is 12.9. The molecule has 2 aromatic heterocycles. The molecule has 3 N–H and O–H groups in total. The number of aryl methyl sites for hydroxylation is 2. The number of rotatable bonds is 5. The molecule has 7 rings (SSSR count). The van der Waals surface area contributed by atoms with Gasteiger partial charge in [-0.1, -0.05) is 35.6 Å². The third-order valence-corrected chi connectivity index (χ3v) is 11.3. The number of aromatic carboxylic acids is 1. The van der Waals surface area contributed by atoms with Crippen molar-refractivity contribution in [3.63, 3.8) is 0 Å². The van der Waals surface area contributed by atoms with Crippen LogP contribution in [0, 0.1) is 38.0 Å². The summed E-state index contributed by atoms with van der Waals surface area (Å²) in [4.78, 5) is 36.3. The van der Waals surface area contributed by atoms with Crippen LogP contribution in [0.15, 0.2) is 47.5 Å². The van der Waals surface area contributed by atoms with E-state index in [1.807, 2.05) is 48.2 Å². The van der Waals surface area contributed by atoms with Gasteiger partial charge in [0.05, 0.1) is 24.2 Å². The van der Waals surface area contributed by atoms with Crippen LogP contribution in [0.5, 0.6) is 0 Å². The van der Waals surface area contributed by atoms with Crippen molar-refractivity contribution < 1.29 is 14.7 Å². The Morgan fingerprint density at radius 3 is 2.47 bits per heavy atom. The molecule has 3 aliphatic rings. The number of hydrogen-bond acceptors (Lipinski definition) is 8. The Hall–Kier alpha value is -4.21. The van der Waals surface area contributed by atoms with E-state index in [-0.39, 0.29) is 42.3 Å². The van der Waals surface area contributed by atoms with Gasteiger partial charge in [-0.05, 0) is 69.5 Å². The Balaban J connectivity index is 0.00000417. The minimum atomic E-state index is -1.01. The van der Waals surface area contributed by atoms with Gasteiger partial charge in [0.15, 0.2) is 5.82 Å². The molecular weight excluding hydrogens is 681 g/mol. The molecule has 1 amide bonds. The summed E-state index contributed by atoms with van der Waals surface area (Å²) < 4.78 is 2.08. The number of amides is 1. The maximum atomic E-state index is 13.9. The van der Waals surface area contributed by atoms with Crippen molar-refractivity contribution in [3.05, 3.63) is 91.8 Å². The second kappa shape index (κ2) is 13.6. The highest BCUT2D eigenvalue weighted by Crippen LogP contribution is 2.44. The first-order chi connectivity index (χ1) is 23.1. The zero-order chi connectivity index (χ0) is 33.7. The highest BCUT2D eigenvalue weighted by atomic mass is 35.5. The number of carboxylic acid groups (broad SMARTS) is 1. The van der Waals surface area contributed by atoms with Crippen LogP contribution < -0.4 is 10.6 Å². The van der Waals surface area contributed by atoms with E-state index < -0.39 is 12.0 Å². The number of hydrogen-bond donors (Lipinski definition) is 2. The lowest BCUT2D eigenvalue weighted by Crippen LogP contribution is -2.61. The minimum Gasteiger partial charge on any atom is -0.478 e. The number of carbonyl (C=O) groups is 2. The van der Waals surface area contributed by atoms with E-state index in [0.717, 1.165) is 64.8 Å². The lowest BCUT2D eigenvalue weighted by molar-refractivity contribution is -0.134. The number of aliphatic imine (C=N–C) groups is 1. The molecule has 5 heterocycles. The van der Waals surface area contributed by atoms with Crippen LogP contribution in [-0.2, 0) is 4.79 Å². The summed E-state index contributed by atoms with van der Waals surface area (Å²) in [6, 6.07) is 12.5. The number of carboxylic acids is 1. The van der Waals surface area contributed by atoms with Crippen molar-refractivity contribution in [2.24, 2.45) is 16.1 Å². The van der Waals surface area contributed by atoms with Crippen LogP contribution in [0.1, 0.15) is 74.4 Å². The van der Waals surface area contributed by atoms with Crippen molar-refractivity contribution in [1.82, 2.24) is 19.7 Å². The molecule has 1 atom stereocenters. The molecule has 0 aliphatic carbocycles. The topological polar surface area (TPSA) is 130 Å². The molecule has 10 nitrogen and oxygen atoms in total. The summed E-state index contributed by atoms with van der Waals surface area (Å²) in [5.41, 5.74) is 11.2. The maximum absolute atomic E-state index is 13.9. The van der Waals surface area contributed by atoms with Gasteiger partial charge < -0.3 is 20.6 Å². The molecule has 254 valence electrons. The molecule has 1 spiro atoms. The average molecular weight is 719 g/mol. The van der Waals surface area contributed by atoms with Gasteiger partial charge in [0, 0.05) is 63.9 Å². The van der Waals surface area contributed by atoms with Gasteiger partial charge in [0.25, 0.3) is 0 Å². The Morgan fingerprint density at radius 2 is 1.80 bits per heavy atom. The first-order valence-corrected chi connectivity index (χ1v) is 17.2. The van der Waals surface area contributed by atoms with E-state index >= 15 is 0 Å². The largest absolute Gasteiger partial charge is 0.478 e. The maximum Gasteiger partial charge on any atom is 0.336 e. The number of nitrogens with zero attached hydrogens (tertiary/aromatic N) is 6. The molecular formula is C36H37Cl2N7O3S. The van der Waals surface area contributed by atoms with Crippen LogP contribution in [0.4, 0.5) is 5.69 Å². The molecule has 49 heavy (non-hydrogen) atoms. The smallest absolute Gasteiger partial charge is 0.336 e. The van der Waals surface area contributed by atoms with Crippen LogP contribution >= 0.6 is 35.3 Å². The normalized spacial score (nSPS) is 17.5. The SMILES string of the molecule is Cc1sc2c(c1C)C(c1ccc(Cl)cc1)=N[C@@H](CC(=O)N1CCC3(CC1)CN(c1ccc(C(=O)O)c(C#CCN)c1)C3)c1nnc(C)n1-2.Cl. The zero-order valence-corrected chi connectivity index (χ0v) is 29.9. The van der Waals surface area contributed by atoms with Gasteiger partial charge in [-0.3, -0.25) is 14.4 Å². The molecule has 0 saturated carbocycles. The van der Waals surface area contributed by atoms with E-state index in [9.17, 15) is 14.7 Å². The van der Waals surface area contributed by atoms with E-state index in [0.29, 0.717) is 29.5 Å². The van der Waals surface area contributed by atoms with E-state index in [2.05, 4.69) is 45.4 Å². The number of piperidine rings is 1. The van der Waals surface area contributed by atoms with Gasteiger partial charge in [0.1, 0.15) is 16.9 Å². The highest BCUT2D eigenvalue weighted by molar-refractivity contribution is 7.15. The second-order valence-corrected chi connectivity index (χ2v) is 14.5. The molecule has 2 aromatic carbocycles. The first-order valence-electron chi connectivity index (χ1n) is 16.0. The predicted octanol–water partition coefficient (Wildman–Crippen LogP) is 5.75. The standard InChI is InChI=1S/C36H36ClN7O3S.ClH/c1-21-22(2)48-34-31(21)32(24-6-8-26(37)9-7-24)39-29(33-41-40-23(3)44(33)34)18-30(45)42-15-12-36(13-16-42)19-43(20-36)27-10-11-28(35(46)47)25(17-27)5-4-14-38;/h6-11,17,29H,12-16,18-20,38H2,1-3H3,(H,46,47);1H/t29-;/m0./s1. The van der Waals surface area contributed by atoms with Gasteiger partial charge in [-0.15, -0.1) is 33.9 Å². The fourth-order valence-corrected chi connectivity index (χ4v) is 8.42. The van der Waals surface area contributed by atoms with Gasteiger partial charge in [-0.2, -0.15) is 0 Å². The zero-order valence-electron chi connectivity index (χ0n) is 27.5. The number of fused-ring (bicyclic) bond motifs is 3. The Bertz CT molecular complexity index is 2030. The molecule has 4 aromatic rings. The molecule has 13 heteroatoms. The summed E-state index contributed by atoms with van der Waals surface area (Å²) in [6.45, 7) is 9.40. The number of aromatic nitrogens is 3. The summed E-state index contributed by atoms with van der Waals surface area (Å²) in [5.74, 6) is 6.17. The quantitative estimate of drug-likeness (QED) is 0.252. The average Bonchev–Trinajstić information content (AvgIpc) is 3.54. The van der Waals surface area contributed by atoms with Crippen molar-refractivity contribution >= 4 is 58.6 Å². The number of nitrogens with two attached hydrogens (primary N) is 1. The number of anilines is 1. The van der Waals surface area contributed by atoms with Crippen molar-refractivity contribution in [2.75, 3.05) is 37.6 Å². The van der Waals surface area contributed by atoms with Crippen LogP contribution in [0.2, 0.25) is 5.02 Å². The first kappa shape index (κ1) is 34.6. The Labute approximate surface area is 300 Å². The fraction of sp³-hybridized carbons (Fsp3) is 0.361. The van der Waals surface area contributed by atoms with E-state index in [4.69, 9.17) is 22.3 Å². The molecule has 3 aliphatic heterocycles. The fourth-order valence-electron chi connectivity index (χ4n) is 7.08. The number of carbonyl (C=O) groups excluding carboxylic acids is 1. The van der Waals surface area contributed by atoms with Crippen molar-refractivity contribution in [1.29, 1.82) is 0 Å². The Kier molecular flexibility index (Phi) is 9.61. The van der Waals surface area contributed by atoms with Crippen molar-refractivity contribution in [2.45, 2.75) is 46.1 Å². The molecule has 0 bridgehead atoms. The summed E-state index contributed by atoms with van der Waals surface area (Å²) in [6.07, 6.45) is 2.00. The third kappa shape index (κ3) is 6.34. The lowest BCUT2D eigenvalue weighted by Gasteiger charge is -2.55. The minimum absolute atomic E-state index is 0. The van der Waals surface area contributed by atoms with Gasteiger partial charge in [-0.25, -0.2) is 4.79 Å². The lowest BCUT2D eigenvalue weighted by atomic mass is 9.71.